The molecule has 0 unspecified atom stereocenters. The molecule has 0 heterocycles. The molecule has 0 aromatic heterocycles. The maximum atomic E-state index is 12.1. The molecule has 6 nitrogen and oxygen atoms in total. The molecule has 0 saturated heterocycles. The zero-order valence-corrected chi connectivity index (χ0v) is 13.3. The largest absolute Gasteiger partial charge is 0.273 e. The van der Waals surface area contributed by atoms with E-state index in [1.807, 2.05) is 0 Å². The maximum Gasteiger partial charge on any atom is 0.273 e. The number of halogens is 1. The van der Waals surface area contributed by atoms with E-state index >= 15 is 0 Å². The molecule has 2 rings (SSSR count). The van der Waals surface area contributed by atoms with Crippen molar-refractivity contribution in [1.29, 1.82) is 0 Å². The summed E-state index contributed by atoms with van der Waals surface area (Å²) in [7, 11) is 0. The van der Waals surface area contributed by atoms with Crippen LogP contribution in [0.5, 0.6) is 0 Å². The highest BCUT2D eigenvalue weighted by Crippen LogP contribution is 2.19. The van der Waals surface area contributed by atoms with Gasteiger partial charge in [-0.15, -0.1) is 0 Å². The highest BCUT2D eigenvalue weighted by molar-refractivity contribution is 6.30. The number of rotatable bonds is 4. The van der Waals surface area contributed by atoms with E-state index in [2.05, 4.69) is 10.5 Å². The molecule has 1 N–H and O–H groups in total. The molecule has 2 aromatic carbocycles. The van der Waals surface area contributed by atoms with Crippen molar-refractivity contribution in [2.45, 2.75) is 13.8 Å². The number of benzene rings is 2. The minimum Gasteiger partial charge on any atom is -0.267 e. The van der Waals surface area contributed by atoms with Crippen molar-refractivity contribution in [3.05, 3.63) is 74.3 Å². The highest BCUT2D eigenvalue weighted by atomic mass is 35.5. The number of hydrogen-bond donors (Lipinski definition) is 1. The molecule has 7 heteroatoms. The zero-order valence-electron chi connectivity index (χ0n) is 12.5. The Hall–Kier alpha value is -2.73. The van der Waals surface area contributed by atoms with Crippen LogP contribution in [-0.2, 0) is 0 Å². The third kappa shape index (κ3) is 4.14. The molecule has 0 spiro atoms. The second kappa shape index (κ2) is 7.02. The lowest BCUT2D eigenvalue weighted by Gasteiger charge is -2.04. The SMILES string of the molecule is C/C(=N/NC(=O)c1ccc(C)c([N+](=O)[O-])c1)c1ccc(Cl)cc1. The summed E-state index contributed by atoms with van der Waals surface area (Å²) >= 11 is 5.81. The fourth-order valence-electron chi connectivity index (χ4n) is 1.90. The van der Waals surface area contributed by atoms with Crippen LogP contribution >= 0.6 is 11.6 Å². The molecule has 0 radical (unpaired) electrons. The molecule has 2 aromatic rings. The number of carbonyl (C=O) groups excluding carboxylic acids is 1. The van der Waals surface area contributed by atoms with Crippen LogP contribution in [-0.4, -0.2) is 16.5 Å². The maximum absolute atomic E-state index is 12.1. The van der Waals surface area contributed by atoms with Crippen LogP contribution in [0.1, 0.15) is 28.4 Å². The number of carbonyl (C=O) groups is 1. The van der Waals surface area contributed by atoms with E-state index in [-0.39, 0.29) is 11.3 Å². The highest BCUT2D eigenvalue weighted by Gasteiger charge is 2.14. The Morgan fingerprint density at radius 3 is 2.39 bits per heavy atom. The van der Waals surface area contributed by atoms with E-state index in [1.54, 1.807) is 38.1 Å². The van der Waals surface area contributed by atoms with Gasteiger partial charge in [0.15, 0.2) is 0 Å². The lowest BCUT2D eigenvalue weighted by molar-refractivity contribution is -0.385. The van der Waals surface area contributed by atoms with E-state index in [0.717, 1.165) is 5.56 Å². The van der Waals surface area contributed by atoms with Gasteiger partial charge in [0.25, 0.3) is 11.6 Å². The van der Waals surface area contributed by atoms with Crippen LogP contribution in [0.2, 0.25) is 5.02 Å². The third-order valence-corrected chi connectivity index (χ3v) is 3.51. The van der Waals surface area contributed by atoms with E-state index in [4.69, 9.17) is 11.6 Å². The van der Waals surface area contributed by atoms with Crippen molar-refractivity contribution < 1.29 is 9.72 Å². The van der Waals surface area contributed by atoms with E-state index in [0.29, 0.717) is 16.3 Å². The third-order valence-electron chi connectivity index (χ3n) is 3.26. The van der Waals surface area contributed by atoms with E-state index in [1.165, 1.54) is 18.2 Å². The van der Waals surface area contributed by atoms with Gasteiger partial charge in [0.2, 0.25) is 0 Å². The van der Waals surface area contributed by atoms with Gasteiger partial charge in [-0.1, -0.05) is 29.8 Å². The Bertz CT molecular complexity index is 786. The second-order valence-electron chi connectivity index (χ2n) is 4.90. The molecule has 0 saturated carbocycles. The minimum absolute atomic E-state index is 0.101. The summed E-state index contributed by atoms with van der Waals surface area (Å²) in [5.74, 6) is -0.513. The van der Waals surface area contributed by atoms with Crippen molar-refractivity contribution >= 4 is 28.9 Å². The summed E-state index contributed by atoms with van der Waals surface area (Å²) in [5.41, 5.74) is 4.36. The Kier molecular flexibility index (Phi) is 5.08. The quantitative estimate of drug-likeness (QED) is 0.526. The van der Waals surface area contributed by atoms with Gasteiger partial charge in [-0.3, -0.25) is 14.9 Å². The number of aryl methyl sites for hydroxylation is 1. The van der Waals surface area contributed by atoms with Crippen LogP contribution in [0.25, 0.3) is 0 Å². The molecular weight excluding hydrogens is 318 g/mol. The first kappa shape index (κ1) is 16.6. The monoisotopic (exact) mass is 331 g/mol. The predicted molar refractivity (Wildman–Crippen MR) is 89.0 cm³/mol. The Morgan fingerprint density at radius 1 is 1.17 bits per heavy atom. The van der Waals surface area contributed by atoms with E-state index < -0.39 is 10.8 Å². The zero-order chi connectivity index (χ0) is 17.0. The molecule has 0 aliphatic carbocycles. The standard InChI is InChI=1S/C16H14ClN3O3/c1-10-3-4-13(9-15(10)20(22)23)16(21)19-18-11(2)12-5-7-14(17)8-6-12/h3-9H,1-2H3,(H,19,21)/b18-11-. The number of nitrogens with zero attached hydrogens (tertiary/aromatic N) is 2. The summed E-state index contributed by atoms with van der Waals surface area (Å²) in [5, 5.41) is 15.5. The molecule has 118 valence electrons. The molecule has 0 bridgehead atoms. The predicted octanol–water partition coefficient (Wildman–Crippen LogP) is 3.71. The number of nitro groups is 1. The van der Waals surface area contributed by atoms with Crippen molar-refractivity contribution in [1.82, 2.24) is 5.43 Å². The van der Waals surface area contributed by atoms with Gasteiger partial charge in [0.05, 0.1) is 10.6 Å². The lowest BCUT2D eigenvalue weighted by atomic mass is 10.1. The summed E-state index contributed by atoms with van der Waals surface area (Å²) in [4.78, 5) is 22.4. The Balaban J connectivity index is 2.16. The first-order valence-corrected chi connectivity index (χ1v) is 7.12. The molecule has 0 aliphatic heterocycles. The second-order valence-corrected chi connectivity index (χ2v) is 5.34. The van der Waals surface area contributed by atoms with Gasteiger partial charge >= 0.3 is 0 Å². The average Bonchev–Trinajstić information content (AvgIpc) is 2.53. The number of hydrazone groups is 1. The lowest BCUT2D eigenvalue weighted by Crippen LogP contribution is -2.19. The van der Waals surface area contributed by atoms with Crippen molar-refractivity contribution in [2.24, 2.45) is 5.10 Å². The van der Waals surface area contributed by atoms with Crippen LogP contribution in [0.3, 0.4) is 0 Å². The average molecular weight is 332 g/mol. The molecule has 0 atom stereocenters. The van der Waals surface area contributed by atoms with Crippen molar-refractivity contribution in [3.63, 3.8) is 0 Å². The number of nitro benzene ring substituents is 1. The first-order chi connectivity index (χ1) is 10.9. The summed E-state index contributed by atoms with van der Waals surface area (Å²) < 4.78 is 0. The van der Waals surface area contributed by atoms with E-state index in [9.17, 15) is 14.9 Å². The molecular formula is C16H14ClN3O3. The summed E-state index contributed by atoms with van der Waals surface area (Å²) in [6.07, 6.45) is 0. The molecule has 1 amide bonds. The van der Waals surface area contributed by atoms with Crippen molar-refractivity contribution in [2.75, 3.05) is 0 Å². The van der Waals surface area contributed by atoms with Gasteiger partial charge in [0.1, 0.15) is 0 Å². The van der Waals surface area contributed by atoms with Crippen LogP contribution < -0.4 is 5.43 Å². The normalized spacial score (nSPS) is 11.2. The van der Waals surface area contributed by atoms with Crippen LogP contribution in [0.15, 0.2) is 47.6 Å². The first-order valence-electron chi connectivity index (χ1n) is 6.74. The van der Waals surface area contributed by atoms with Gasteiger partial charge < -0.3 is 0 Å². The number of hydrogen-bond acceptors (Lipinski definition) is 4. The number of nitrogens with one attached hydrogen (secondary N) is 1. The van der Waals surface area contributed by atoms with Gasteiger partial charge in [-0.2, -0.15) is 5.10 Å². The molecule has 0 aliphatic rings. The fraction of sp³-hybridized carbons (Fsp3) is 0.125. The summed E-state index contributed by atoms with van der Waals surface area (Å²) in [6, 6.07) is 11.3. The Morgan fingerprint density at radius 2 is 1.78 bits per heavy atom. The van der Waals surface area contributed by atoms with Crippen molar-refractivity contribution in [3.8, 4) is 0 Å². The van der Waals surface area contributed by atoms with Crippen LogP contribution in [0.4, 0.5) is 5.69 Å². The van der Waals surface area contributed by atoms with Crippen LogP contribution in [0, 0.1) is 17.0 Å². The van der Waals surface area contributed by atoms with Gasteiger partial charge in [-0.05, 0) is 37.6 Å². The number of amides is 1. The van der Waals surface area contributed by atoms with Gasteiger partial charge in [-0.25, -0.2) is 5.43 Å². The topological polar surface area (TPSA) is 84.6 Å². The Labute approximate surface area is 137 Å². The van der Waals surface area contributed by atoms with Gasteiger partial charge in [0, 0.05) is 22.2 Å². The minimum atomic E-state index is -0.520. The summed E-state index contributed by atoms with van der Waals surface area (Å²) in [6.45, 7) is 3.35. The smallest absolute Gasteiger partial charge is 0.267 e. The fourth-order valence-corrected chi connectivity index (χ4v) is 2.03. The molecule has 0 fully saturated rings. The molecule has 23 heavy (non-hydrogen) atoms.